The molecule has 124 valence electrons. The molecule has 4 rings (SSSR count). The Morgan fingerprint density at radius 1 is 1.04 bits per heavy atom. The molecule has 2 aliphatic heterocycles. The van der Waals surface area contributed by atoms with Gasteiger partial charge >= 0.3 is 0 Å². The number of likely N-dealkylation sites (N-methyl/N-ethyl adjacent to an activating group) is 1. The van der Waals surface area contributed by atoms with E-state index in [1.54, 1.807) is 6.07 Å². The van der Waals surface area contributed by atoms with Gasteiger partial charge in [0, 0.05) is 25.2 Å². The molecule has 1 amide bonds. The molecule has 0 bridgehead atoms. The highest BCUT2D eigenvalue weighted by Crippen LogP contribution is 2.34. The molecule has 2 aromatic rings. The Morgan fingerprint density at radius 3 is 2.67 bits per heavy atom. The molecule has 0 radical (unpaired) electrons. The Hall–Kier alpha value is -2.53. The summed E-state index contributed by atoms with van der Waals surface area (Å²) in [5.41, 5.74) is 1.81. The molecule has 1 fully saturated rings. The van der Waals surface area contributed by atoms with E-state index in [9.17, 15) is 4.79 Å². The molecule has 0 aromatic heterocycles. The molecular formula is C19H20N2O3. The van der Waals surface area contributed by atoms with E-state index in [2.05, 4.69) is 24.1 Å². The number of rotatable bonds is 2. The predicted octanol–water partition coefficient (Wildman–Crippen LogP) is 2.54. The van der Waals surface area contributed by atoms with Crippen LogP contribution in [0.3, 0.4) is 0 Å². The third-order valence-electron chi connectivity index (χ3n) is 4.65. The van der Waals surface area contributed by atoms with Crippen LogP contribution in [0.2, 0.25) is 0 Å². The van der Waals surface area contributed by atoms with E-state index < -0.39 is 0 Å². The van der Waals surface area contributed by atoms with Crippen molar-refractivity contribution >= 4 is 5.91 Å². The Balaban J connectivity index is 1.64. The lowest BCUT2D eigenvalue weighted by Crippen LogP contribution is -2.49. The van der Waals surface area contributed by atoms with Gasteiger partial charge in [-0.25, -0.2) is 0 Å². The van der Waals surface area contributed by atoms with Crippen molar-refractivity contribution in [1.82, 2.24) is 9.80 Å². The van der Waals surface area contributed by atoms with Crippen molar-refractivity contribution in [1.29, 1.82) is 0 Å². The number of piperazine rings is 1. The molecule has 0 spiro atoms. The zero-order valence-electron chi connectivity index (χ0n) is 13.6. The van der Waals surface area contributed by atoms with Crippen LogP contribution in [-0.2, 0) is 0 Å². The zero-order valence-corrected chi connectivity index (χ0v) is 13.6. The summed E-state index contributed by atoms with van der Waals surface area (Å²) in [6.45, 7) is 2.64. The molecule has 2 aliphatic rings. The van der Waals surface area contributed by atoms with E-state index in [1.165, 1.54) is 0 Å². The number of benzene rings is 2. The van der Waals surface area contributed by atoms with Gasteiger partial charge in [0.15, 0.2) is 11.5 Å². The highest BCUT2D eigenvalue weighted by atomic mass is 16.7. The van der Waals surface area contributed by atoms with Crippen LogP contribution < -0.4 is 9.47 Å². The van der Waals surface area contributed by atoms with E-state index in [0.29, 0.717) is 23.6 Å². The van der Waals surface area contributed by atoms with E-state index in [-0.39, 0.29) is 18.7 Å². The van der Waals surface area contributed by atoms with Crippen LogP contribution in [0.25, 0.3) is 0 Å². The van der Waals surface area contributed by atoms with Crippen molar-refractivity contribution in [2.45, 2.75) is 6.04 Å². The average Bonchev–Trinajstić information content (AvgIpc) is 3.09. The van der Waals surface area contributed by atoms with Gasteiger partial charge in [-0.3, -0.25) is 4.79 Å². The normalized spacial score (nSPS) is 20.2. The number of fused-ring (bicyclic) bond motifs is 1. The highest BCUT2D eigenvalue weighted by molar-refractivity contribution is 5.95. The minimum Gasteiger partial charge on any atom is -0.454 e. The molecule has 1 saturated heterocycles. The van der Waals surface area contributed by atoms with Crippen LogP contribution in [0, 0.1) is 0 Å². The maximum absolute atomic E-state index is 13.1. The number of carbonyl (C=O) groups excluding carboxylic acids is 1. The highest BCUT2D eigenvalue weighted by Gasteiger charge is 2.31. The molecule has 5 nitrogen and oxygen atoms in total. The quantitative estimate of drug-likeness (QED) is 0.851. The van der Waals surface area contributed by atoms with Gasteiger partial charge in [-0.05, 0) is 30.8 Å². The van der Waals surface area contributed by atoms with E-state index >= 15 is 0 Å². The second-order valence-corrected chi connectivity index (χ2v) is 6.26. The lowest BCUT2D eigenvalue weighted by Gasteiger charge is -2.40. The Kier molecular flexibility index (Phi) is 3.86. The van der Waals surface area contributed by atoms with Crippen molar-refractivity contribution in [3.63, 3.8) is 0 Å². The van der Waals surface area contributed by atoms with Crippen LogP contribution in [0.4, 0.5) is 0 Å². The van der Waals surface area contributed by atoms with Crippen molar-refractivity contribution in [3.8, 4) is 11.5 Å². The first kappa shape index (κ1) is 15.0. The minimum atomic E-state index is 0.0373. The van der Waals surface area contributed by atoms with Gasteiger partial charge in [-0.15, -0.1) is 0 Å². The summed E-state index contributed by atoms with van der Waals surface area (Å²) >= 11 is 0. The fourth-order valence-corrected chi connectivity index (χ4v) is 3.32. The summed E-state index contributed by atoms with van der Waals surface area (Å²) in [7, 11) is 2.10. The molecule has 24 heavy (non-hydrogen) atoms. The Morgan fingerprint density at radius 2 is 1.83 bits per heavy atom. The topological polar surface area (TPSA) is 42.0 Å². The summed E-state index contributed by atoms with van der Waals surface area (Å²) < 4.78 is 10.7. The number of ether oxygens (including phenoxy) is 2. The smallest absolute Gasteiger partial charge is 0.254 e. The lowest BCUT2D eigenvalue weighted by molar-refractivity contribution is 0.0497. The molecule has 2 heterocycles. The van der Waals surface area contributed by atoms with Crippen LogP contribution >= 0.6 is 0 Å². The molecule has 0 aliphatic carbocycles. The van der Waals surface area contributed by atoms with Gasteiger partial charge in [-0.1, -0.05) is 30.3 Å². The molecule has 2 aromatic carbocycles. The molecular weight excluding hydrogens is 304 g/mol. The third kappa shape index (κ3) is 2.71. The third-order valence-corrected chi connectivity index (χ3v) is 4.65. The maximum Gasteiger partial charge on any atom is 0.254 e. The van der Waals surface area contributed by atoms with Crippen LogP contribution in [0.15, 0.2) is 48.5 Å². The Labute approximate surface area is 141 Å². The number of carbonyl (C=O) groups is 1. The van der Waals surface area contributed by atoms with Crippen LogP contribution in [0.1, 0.15) is 22.0 Å². The number of hydrogen-bond donors (Lipinski definition) is 0. The average molecular weight is 324 g/mol. The SMILES string of the molecule is CN1CCN(C(=O)c2ccc3c(c2)OCO3)[C@@H](c2ccccc2)C1. The summed E-state index contributed by atoms with van der Waals surface area (Å²) in [5, 5.41) is 0. The van der Waals surface area contributed by atoms with Crippen molar-refractivity contribution in [2.75, 3.05) is 33.5 Å². The van der Waals surface area contributed by atoms with Gasteiger partial charge in [0.05, 0.1) is 6.04 Å². The second kappa shape index (κ2) is 6.17. The molecule has 0 saturated carbocycles. The number of nitrogens with zero attached hydrogens (tertiary/aromatic N) is 2. The Bertz CT molecular complexity index is 748. The van der Waals surface area contributed by atoms with Gasteiger partial charge < -0.3 is 19.3 Å². The van der Waals surface area contributed by atoms with Crippen molar-refractivity contribution in [2.24, 2.45) is 0 Å². The van der Waals surface area contributed by atoms with Gasteiger partial charge in [0.2, 0.25) is 6.79 Å². The first-order valence-electron chi connectivity index (χ1n) is 8.16. The number of amides is 1. The summed E-state index contributed by atoms with van der Waals surface area (Å²) in [5.74, 6) is 1.38. The van der Waals surface area contributed by atoms with E-state index in [1.807, 2.05) is 35.2 Å². The molecule has 0 unspecified atom stereocenters. The monoisotopic (exact) mass is 324 g/mol. The lowest BCUT2D eigenvalue weighted by atomic mass is 10.0. The van der Waals surface area contributed by atoms with Gasteiger partial charge in [0.1, 0.15) is 0 Å². The van der Waals surface area contributed by atoms with Crippen LogP contribution in [-0.4, -0.2) is 49.2 Å². The summed E-state index contributed by atoms with van der Waals surface area (Å²) in [4.78, 5) is 17.3. The molecule has 1 atom stereocenters. The fraction of sp³-hybridized carbons (Fsp3) is 0.316. The van der Waals surface area contributed by atoms with E-state index in [4.69, 9.17) is 9.47 Å². The fourth-order valence-electron chi connectivity index (χ4n) is 3.32. The number of hydrogen-bond acceptors (Lipinski definition) is 4. The largest absolute Gasteiger partial charge is 0.454 e. The summed E-state index contributed by atoms with van der Waals surface area (Å²) in [6.07, 6.45) is 0. The molecule has 5 heteroatoms. The zero-order chi connectivity index (χ0) is 16.5. The van der Waals surface area contributed by atoms with Crippen molar-refractivity contribution in [3.05, 3.63) is 59.7 Å². The predicted molar refractivity (Wildman–Crippen MR) is 90.3 cm³/mol. The maximum atomic E-state index is 13.1. The second-order valence-electron chi connectivity index (χ2n) is 6.26. The minimum absolute atomic E-state index is 0.0373. The van der Waals surface area contributed by atoms with E-state index in [0.717, 1.165) is 18.7 Å². The summed E-state index contributed by atoms with van der Waals surface area (Å²) in [6, 6.07) is 15.7. The van der Waals surface area contributed by atoms with Crippen molar-refractivity contribution < 1.29 is 14.3 Å². The molecule has 0 N–H and O–H groups in total. The standard InChI is InChI=1S/C19H20N2O3/c1-20-9-10-21(16(12-20)14-5-3-2-4-6-14)19(22)15-7-8-17-18(11-15)24-13-23-17/h2-8,11,16H,9-10,12-13H2,1H3/t16-/m1/s1. The van der Waals surface area contributed by atoms with Crippen LogP contribution in [0.5, 0.6) is 11.5 Å². The van der Waals surface area contributed by atoms with Gasteiger partial charge in [0.25, 0.3) is 5.91 Å². The first-order valence-corrected chi connectivity index (χ1v) is 8.16. The van der Waals surface area contributed by atoms with Gasteiger partial charge in [-0.2, -0.15) is 0 Å². The first-order chi connectivity index (χ1) is 11.7.